The minimum atomic E-state index is -1.33. The van der Waals surface area contributed by atoms with Crippen LogP contribution in [0.3, 0.4) is 0 Å². The smallest absolute Gasteiger partial charge is 0.262 e. The molecule has 1 N–H and O–H groups in total. The maximum atomic E-state index is 11.8. The molecule has 0 unspecified atom stereocenters. The Labute approximate surface area is 108 Å². The second-order valence-electron chi connectivity index (χ2n) is 3.61. The quantitative estimate of drug-likeness (QED) is 0.890. The zero-order valence-electron chi connectivity index (χ0n) is 9.33. The maximum Gasteiger partial charge on any atom is 0.262 e. The molecule has 1 aromatic heterocycles. The standard InChI is InChI=1S/C13H11NO3S/c15-12(10-7-4-8-18-10)14-11(13(16)17)9-5-2-1-3-6-9/h1-8,11H,(H,14,15)(H,16,17)/p-1/t11-/m0/s1. The van der Waals surface area contributed by atoms with Gasteiger partial charge < -0.3 is 15.2 Å². The number of amides is 1. The SMILES string of the molecule is O=C(N[C@H](C(=O)[O-])c1ccccc1)c1cccs1. The lowest BCUT2D eigenvalue weighted by Gasteiger charge is -2.19. The van der Waals surface area contributed by atoms with Crippen LogP contribution in [0.25, 0.3) is 0 Å². The zero-order valence-corrected chi connectivity index (χ0v) is 10.1. The van der Waals surface area contributed by atoms with Gasteiger partial charge in [0.1, 0.15) is 0 Å². The van der Waals surface area contributed by atoms with E-state index in [9.17, 15) is 14.7 Å². The molecule has 0 aliphatic heterocycles. The van der Waals surface area contributed by atoms with Crippen LogP contribution in [-0.2, 0) is 4.79 Å². The molecule has 4 nitrogen and oxygen atoms in total. The van der Waals surface area contributed by atoms with Gasteiger partial charge in [-0.15, -0.1) is 11.3 Å². The molecule has 1 amide bonds. The summed E-state index contributed by atoms with van der Waals surface area (Å²) in [6, 6.07) is 10.7. The number of carbonyl (C=O) groups excluding carboxylic acids is 2. The van der Waals surface area contributed by atoms with Gasteiger partial charge in [0.05, 0.1) is 16.9 Å². The Hall–Kier alpha value is -2.14. The van der Waals surface area contributed by atoms with E-state index in [-0.39, 0.29) is 0 Å². The first-order valence-electron chi connectivity index (χ1n) is 5.28. The lowest BCUT2D eigenvalue weighted by Crippen LogP contribution is -2.41. The monoisotopic (exact) mass is 260 g/mol. The fourth-order valence-electron chi connectivity index (χ4n) is 1.53. The summed E-state index contributed by atoms with van der Waals surface area (Å²) in [4.78, 5) is 23.4. The van der Waals surface area contributed by atoms with Crippen LogP contribution in [0.4, 0.5) is 0 Å². The van der Waals surface area contributed by atoms with Crippen molar-refractivity contribution >= 4 is 23.2 Å². The van der Waals surface area contributed by atoms with E-state index in [4.69, 9.17) is 0 Å². The first-order valence-corrected chi connectivity index (χ1v) is 6.16. The second-order valence-corrected chi connectivity index (χ2v) is 4.56. The van der Waals surface area contributed by atoms with Crippen molar-refractivity contribution in [3.05, 3.63) is 58.3 Å². The van der Waals surface area contributed by atoms with Crippen molar-refractivity contribution in [2.45, 2.75) is 6.04 Å². The van der Waals surface area contributed by atoms with E-state index in [1.165, 1.54) is 11.3 Å². The Morgan fingerprint density at radius 3 is 2.39 bits per heavy atom. The van der Waals surface area contributed by atoms with Crippen LogP contribution >= 0.6 is 11.3 Å². The molecule has 1 atom stereocenters. The molecule has 0 saturated carbocycles. The van der Waals surface area contributed by atoms with Gasteiger partial charge in [-0.3, -0.25) is 4.79 Å². The summed E-state index contributed by atoms with van der Waals surface area (Å²) in [5.41, 5.74) is 0.488. The van der Waals surface area contributed by atoms with Gasteiger partial charge in [0.2, 0.25) is 0 Å². The number of carbonyl (C=O) groups is 2. The molecule has 0 spiro atoms. The summed E-state index contributed by atoms with van der Waals surface area (Å²) < 4.78 is 0. The van der Waals surface area contributed by atoms with Crippen molar-refractivity contribution in [3.8, 4) is 0 Å². The van der Waals surface area contributed by atoms with Crippen LogP contribution in [0.15, 0.2) is 47.8 Å². The topological polar surface area (TPSA) is 69.2 Å². The van der Waals surface area contributed by atoms with E-state index < -0.39 is 17.9 Å². The number of nitrogens with one attached hydrogen (secondary N) is 1. The molecule has 0 radical (unpaired) electrons. The number of hydrogen-bond donors (Lipinski definition) is 1. The third-order valence-corrected chi connectivity index (χ3v) is 3.26. The third kappa shape index (κ3) is 2.75. The number of benzene rings is 1. The van der Waals surface area contributed by atoms with Gasteiger partial charge in [0.15, 0.2) is 0 Å². The Morgan fingerprint density at radius 1 is 1.11 bits per heavy atom. The summed E-state index contributed by atoms with van der Waals surface area (Å²) in [5.74, 6) is -1.74. The Bertz CT molecular complexity index is 537. The molecule has 1 heterocycles. The molecule has 0 saturated heterocycles. The van der Waals surface area contributed by atoms with E-state index in [1.807, 2.05) is 0 Å². The number of rotatable bonds is 4. The zero-order chi connectivity index (χ0) is 13.0. The van der Waals surface area contributed by atoms with Crippen molar-refractivity contribution in [3.63, 3.8) is 0 Å². The highest BCUT2D eigenvalue weighted by molar-refractivity contribution is 7.12. The highest BCUT2D eigenvalue weighted by Gasteiger charge is 2.16. The first kappa shape index (κ1) is 12.3. The lowest BCUT2D eigenvalue weighted by molar-refractivity contribution is -0.308. The van der Waals surface area contributed by atoms with Crippen molar-refractivity contribution in [2.75, 3.05) is 0 Å². The molecule has 0 fully saturated rings. The Balaban J connectivity index is 2.18. The molecule has 0 aliphatic rings. The van der Waals surface area contributed by atoms with Gasteiger partial charge in [-0.25, -0.2) is 0 Å². The molecule has 2 aromatic rings. The van der Waals surface area contributed by atoms with Crippen LogP contribution < -0.4 is 10.4 Å². The fourth-order valence-corrected chi connectivity index (χ4v) is 2.16. The van der Waals surface area contributed by atoms with Gasteiger partial charge in [-0.1, -0.05) is 36.4 Å². The van der Waals surface area contributed by atoms with Gasteiger partial charge in [-0.05, 0) is 17.0 Å². The van der Waals surface area contributed by atoms with Gasteiger partial charge in [-0.2, -0.15) is 0 Å². The van der Waals surface area contributed by atoms with Crippen molar-refractivity contribution < 1.29 is 14.7 Å². The first-order chi connectivity index (χ1) is 8.68. The van der Waals surface area contributed by atoms with Crippen LogP contribution in [0.5, 0.6) is 0 Å². The third-order valence-electron chi connectivity index (χ3n) is 2.39. The van der Waals surface area contributed by atoms with Crippen molar-refractivity contribution in [1.29, 1.82) is 0 Å². The molecule has 0 aliphatic carbocycles. The lowest BCUT2D eigenvalue weighted by atomic mass is 10.1. The minimum Gasteiger partial charge on any atom is -0.548 e. The van der Waals surface area contributed by atoms with Gasteiger partial charge >= 0.3 is 0 Å². The van der Waals surface area contributed by atoms with Crippen molar-refractivity contribution in [2.24, 2.45) is 0 Å². The predicted octanol–water partition coefficient (Wildman–Crippen LogP) is 0.969. The second kappa shape index (κ2) is 5.46. The molecular formula is C13H10NO3S-. The Kier molecular flexibility index (Phi) is 3.74. The van der Waals surface area contributed by atoms with Crippen molar-refractivity contribution in [1.82, 2.24) is 5.32 Å². The number of carboxylic acids is 1. The summed E-state index contributed by atoms with van der Waals surface area (Å²) >= 11 is 1.25. The Morgan fingerprint density at radius 2 is 1.83 bits per heavy atom. The number of hydrogen-bond acceptors (Lipinski definition) is 4. The van der Waals surface area contributed by atoms with Crippen LogP contribution in [-0.4, -0.2) is 11.9 Å². The predicted molar refractivity (Wildman–Crippen MR) is 66.0 cm³/mol. The molecule has 18 heavy (non-hydrogen) atoms. The minimum absolute atomic E-state index is 0.414. The van der Waals surface area contributed by atoms with E-state index in [2.05, 4.69) is 5.32 Å². The molecular weight excluding hydrogens is 250 g/mol. The molecule has 2 rings (SSSR count). The van der Waals surface area contributed by atoms with Gasteiger partial charge in [0, 0.05) is 0 Å². The van der Waals surface area contributed by atoms with Crippen LogP contribution in [0.1, 0.15) is 21.3 Å². The maximum absolute atomic E-state index is 11.8. The number of thiophene rings is 1. The highest BCUT2D eigenvalue weighted by Crippen LogP contribution is 2.14. The average molecular weight is 260 g/mol. The average Bonchev–Trinajstić information content (AvgIpc) is 2.90. The van der Waals surface area contributed by atoms with E-state index in [0.29, 0.717) is 10.4 Å². The normalized spacial score (nSPS) is 11.8. The molecule has 0 bridgehead atoms. The van der Waals surface area contributed by atoms with E-state index in [0.717, 1.165) is 0 Å². The number of aliphatic carboxylic acids is 1. The highest BCUT2D eigenvalue weighted by atomic mass is 32.1. The van der Waals surface area contributed by atoms with E-state index >= 15 is 0 Å². The fraction of sp³-hybridized carbons (Fsp3) is 0.0769. The largest absolute Gasteiger partial charge is 0.548 e. The van der Waals surface area contributed by atoms with Crippen LogP contribution in [0.2, 0.25) is 0 Å². The molecule has 5 heteroatoms. The van der Waals surface area contributed by atoms with Gasteiger partial charge in [0.25, 0.3) is 5.91 Å². The summed E-state index contributed by atoms with van der Waals surface area (Å²) in [6.45, 7) is 0. The number of carboxylic acid groups (broad SMARTS) is 1. The molecule has 92 valence electrons. The summed E-state index contributed by atoms with van der Waals surface area (Å²) in [7, 11) is 0. The molecule has 1 aromatic carbocycles. The summed E-state index contributed by atoms with van der Waals surface area (Å²) in [5, 5.41) is 15.3. The van der Waals surface area contributed by atoms with E-state index in [1.54, 1.807) is 47.8 Å². The van der Waals surface area contributed by atoms with Crippen LogP contribution in [0, 0.1) is 0 Å². The summed E-state index contributed by atoms with van der Waals surface area (Å²) in [6.07, 6.45) is 0.